The third kappa shape index (κ3) is 4.37. The Kier molecular flexibility index (Phi) is 6.24. The number of ether oxygens (including phenoxy) is 1. The highest BCUT2D eigenvalue weighted by Crippen LogP contribution is 2.43. The number of hydrogen-bond acceptors (Lipinski definition) is 5. The summed E-state index contributed by atoms with van der Waals surface area (Å²) in [5.74, 6) is 0.490. The van der Waals surface area contributed by atoms with Gasteiger partial charge in [-0.15, -0.1) is 0 Å². The summed E-state index contributed by atoms with van der Waals surface area (Å²) in [6.07, 6.45) is 0.197. The molecule has 1 fully saturated rings. The van der Waals surface area contributed by atoms with Gasteiger partial charge >= 0.3 is 0 Å². The number of carbonyl (C=O) groups excluding carboxylic acids is 1. The Hall–Kier alpha value is -3.76. The van der Waals surface area contributed by atoms with Crippen LogP contribution in [0.3, 0.4) is 0 Å². The lowest BCUT2D eigenvalue weighted by Gasteiger charge is -2.42. The van der Waals surface area contributed by atoms with Crippen molar-refractivity contribution in [1.29, 1.82) is 5.26 Å². The summed E-state index contributed by atoms with van der Waals surface area (Å²) in [7, 11) is 0. The molecule has 0 bridgehead atoms. The van der Waals surface area contributed by atoms with Crippen LogP contribution < -0.4 is 9.64 Å². The standard InChI is InChI=1S/C27H22FN3O2S/c28-24-8-4-5-9-25(24)30-17-31-26(32)14-22(23(15-29)27(31)34-18-30)20-10-12-21(13-11-20)33-16-19-6-2-1-3-7-19/h1-13,22H,14,16-18H2. The molecule has 2 heterocycles. The second-order valence-corrected chi connectivity index (χ2v) is 9.09. The van der Waals surface area contributed by atoms with E-state index < -0.39 is 0 Å². The molecule has 0 saturated carbocycles. The fourth-order valence-electron chi connectivity index (χ4n) is 4.25. The normalized spacial score (nSPS) is 17.9. The van der Waals surface area contributed by atoms with E-state index in [1.54, 1.807) is 23.1 Å². The minimum atomic E-state index is -0.326. The van der Waals surface area contributed by atoms with Crippen LogP contribution in [-0.2, 0) is 11.4 Å². The number of halogens is 1. The van der Waals surface area contributed by atoms with Crippen LogP contribution in [0.25, 0.3) is 0 Å². The van der Waals surface area contributed by atoms with Gasteiger partial charge in [-0.25, -0.2) is 4.39 Å². The predicted molar refractivity (Wildman–Crippen MR) is 130 cm³/mol. The van der Waals surface area contributed by atoms with Gasteiger partial charge in [-0.05, 0) is 35.4 Å². The molecule has 1 saturated heterocycles. The number of benzene rings is 3. The number of para-hydroxylation sites is 1. The van der Waals surface area contributed by atoms with Gasteiger partial charge < -0.3 is 9.64 Å². The van der Waals surface area contributed by atoms with E-state index in [1.807, 2.05) is 59.5 Å². The number of nitrogens with zero attached hydrogens (tertiary/aromatic N) is 3. The third-order valence-electron chi connectivity index (χ3n) is 6.02. The highest BCUT2D eigenvalue weighted by molar-refractivity contribution is 8.03. The molecule has 0 aromatic heterocycles. The summed E-state index contributed by atoms with van der Waals surface area (Å²) >= 11 is 1.40. The zero-order valence-corrected chi connectivity index (χ0v) is 19.2. The van der Waals surface area contributed by atoms with Crippen LogP contribution in [0.5, 0.6) is 5.75 Å². The number of anilines is 1. The van der Waals surface area contributed by atoms with E-state index in [-0.39, 0.29) is 30.7 Å². The molecule has 34 heavy (non-hydrogen) atoms. The first-order valence-electron chi connectivity index (χ1n) is 11.0. The highest BCUT2D eigenvalue weighted by atomic mass is 32.2. The lowest BCUT2D eigenvalue weighted by atomic mass is 9.86. The number of thioether (sulfide) groups is 1. The molecule has 5 rings (SSSR count). The van der Waals surface area contributed by atoms with Crippen LogP contribution in [0.1, 0.15) is 23.5 Å². The van der Waals surface area contributed by atoms with Gasteiger partial charge in [0.15, 0.2) is 0 Å². The number of hydrogen-bond donors (Lipinski definition) is 0. The van der Waals surface area contributed by atoms with Gasteiger partial charge in [0.1, 0.15) is 18.2 Å². The molecule has 1 amide bonds. The Morgan fingerprint density at radius 2 is 1.76 bits per heavy atom. The molecule has 2 aliphatic heterocycles. The number of carbonyl (C=O) groups is 1. The van der Waals surface area contributed by atoms with Crippen molar-refractivity contribution in [2.75, 3.05) is 17.4 Å². The summed E-state index contributed by atoms with van der Waals surface area (Å²) in [4.78, 5) is 16.5. The molecule has 1 atom stereocenters. The van der Waals surface area contributed by atoms with Crippen molar-refractivity contribution < 1.29 is 13.9 Å². The first-order chi connectivity index (χ1) is 16.6. The Bertz CT molecular complexity index is 1270. The van der Waals surface area contributed by atoms with E-state index in [0.717, 1.165) is 16.9 Å². The number of amides is 1. The number of fused-ring (bicyclic) bond motifs is 1. The van der Waals surface area contributed by atoms with E-state index in [9.17, 15) is 14.4 Å². The molecule has 0 spiro atoms. The van der Waals surface area contributed by atoms with Crippen molar-refractivity contribution in [3.05, 3.63) is 106 Å². The van der Waals surface area contributed by atoms with Crippen LogP contribution in [0.2, 0.25) is 0 Å². The van der Waals surface area contributed by atoms with Crippen molar-refractivity contribution in [3.8, 4) is 11.8 Å². The molecule has 3 aromatic rings. The molecule has 7 heteroatoms. The van der Waals surface area contributed by atoms with Crippen LogP contribution in [0.15, 0.2) is 89.5 Å². The summed E-state index contributed by atoms with van der Waals surface area (Å²) in [5, 5.41) is 10.6. The van der Waals surface area contributed by atoms with Gasteiger partial charge in [-0.2, -0.15) is 5.26 Å². The summed E-state index contributed by atoms with van der Waals surface area (Å²) in [6.45, 7) is 0.700. The predicted octanol–water partition coefficient (Wildman–Crippen LogP) is 5.62. The maximum atomic E-state index is 14.3. The Morgan fingerprint density at radius 3 is 2.50 bits per heavy atom. The van der Waals surface area contributed by atoms with Crippen LogP contribution in [0.4, 0.5) is 10.1 Å². The molecular weight excluding hydrogens is 449 g/mol. The van der Waals surface area contributed by atoms with Gasteiger partial charge in [0, 0.05) is 12.3 Å². The average Bonchev–Trinajstić information content (AvgIpc) is 2.88. The first kappa shape index (κ1) is 22.1. The van der Waals surface area contributed by atoms with E-state index in [2.05, 4.69) is 6.07 Å². The third-order valence-corrected chi connectivity index (χ3v) is 7.17. The molecule has 170 valence electrons. The SMILES string of the molecule is N#CC1=C2SCN(c3ccccc3F)CN2C(=O)CC1c1ccc(OCc2ccccc2)cc1. The average molecular weight is 472 g/mol. The molecule has 0 radical (unpaired) electrons. The highest BCUT2D eigenvalue weighted by Gasteiger charge is 2.38. The van der Waals surface area contributed by atoms with Gasteiger partial charge in [-0.3, -0.25) is 9.69 Å². The minimum absolute atomic E-state index is 0.0723. The van der Waals surface area contributed by atoms with Crippen molar-refractivity contribution in [2.24, 2.45) is 0 Å². The number of nitriles is 1. The Labute approximate surface area is 202 Å². The van der Waals surface area contributed by atoms with E-state index in [4.69, 9.17) is 4.74 Å². The lowest BCUT2D eigenvalue weighted by molar-refractivity contribution is -0.129. The van der Waals surface area contributed by atoms with Gasteiger partial charge in [0.2, 0.25) is 5.91 Å². The molecule has 3 aromatic carbocycles. The van der Waals surface area contributed by atoms with E-state index in [0.29, 0.717) is 28.8 Å². The zero-order valence-electron chi connectivity index (χ0n) is 18.4. The largest absolute Gasteiger partial charge is 0.489 e. The molecule has 5 nitrogen and oxygen atoms in total. The van der Waals surface area contributed by atoms with Crippen molar-refractivity contribution in [1.82, 2.24) is 4.90 Å². The topological polar surface area (TPSA) is 56.6 Å². The molecule has 1 unspecified atom stereocenters. The second-order valence-electron chi connectivity index (χ2n) is 8.16. The molecule has 2 aliphatic rings. The lowest BCUT2D eigenvalue weighted by Crippen LogP contribution is -2.47. The first-order valence-corrected chi connectivity index (χ1v) is 12.0. The molecular formula is C27H22FN3O2S. The second kappa shape index (κ2) is 9.62. The minimum Gasteiger partial charge on any atom is -0.489 e. The molecule has 0 N–H and O–H groups in total. The van der Waals surface area contributed by atoms with Gasteiger partial charge in [-0.1, -0.05) is 66.4 Å². The maximum Gasteiger partial charge on any atom is 0.229 e. The fourth-order valence-corrected chi connectivity index (χ4v) is 5.40. The van der Waals surface area contributed by atoms with Crippen molar-refractivity contribution >= 4 is 23.4 Å². The van der Waals surface area contributed by atoms with Crippen molar-refractivity contribution in [2.45, 2.75) is 18.9 Å². The fraction of sp³-hybridized carbons (Fsp3) is 0.185. The van der Waals surface area contributed by atoms with Gasteiger partial charge in [0.05, 0.1) is 34.9 Å². The van der Waals surface area contributed by atoms with Crippen molar-refractivity contribution in [3.63, 3.8) is 0 Å². The van der Waals surface area contributed by atoms with Crippen LogP contribution in [-0.4, -0.2) is 23.4 Å². The van der Waals surface area contributed by atoms with Crippen LogP contribution in [0, 0.1) is 17.1 Å². The van der Waals surface area contributed by atoms with E-state index >= 15 is 0 Å². The number of rotatable bonds is 5. The molecule has 0 aliphatic carbocycles. The summed E-state index contributed by atoms with van der Waals surface area (Å²) in [5.41, 5.74) is 3.02. The van der Waals surface area contributed by atoms with Gasteiger partial charge in [0.25, 0.3) is 0 Å². The van der Waals surface area contributed by atoms with Crippen LogP contribution >= 0.6 is 11.8 Å². The summed E-state index contributed by atoms with van der Waals surface area (Å²) in [6, 6.07) is 26.4. The zero-order chi connectivity index (χ0) is 23.5. The van der Waals surface area contributed by atoms with E-state index in [1.165, 1.54) is 17.8 Å². The quantitative estimate of drug-likeness (QED) is 0.483. The summed E-state index contributed by atoms with van der Waals surface area (Å²) < 4.78 is 20.1. The Balaban J connectivity index is 1.34. The number of allylic oxidation sites excluding steroid dienone is 1. The Morgan fingerprint density at radius 1 is 1.03 bits per heavy atom. The smallest absolute Gasteiger partial charge is 0.229 e. The maximum absolute atomic E-state index is 14.3. The monoisotopic (exact) mass is 471 g/mol.